The van der Waals surface area contributed by atoms with Crippen molar-refractivity contribution in [2.24, 2.45) is 0 Å². The van der Waals surface area contributed by atoms with Crippen LogP contribution in [0.4, 0.5) is 5.69 Å². The number of amides is 1. The average Bonchev–Trinajstić information content (AvgIpc) is 3.26. The molecule has 1 saturated heterocycles. The molecule has 2 aliphatic rings. The van der Waals surface area contributed by atoms with Gasteiger partial charge in [0.1, 0.15) is 0 Å². The highest BCUT2D eigenvalue weighted by atomic mass is 79.9. The molecule has 2 aromatic rings. The molecule has 29 heavy (non-hydrogen) atoms. The first-order valence-corrected chi connectivity index (χ1v) is 11.3. The molecule has 0 spiro atoms. The maximum absolute atomic E-state index is 13.6. The third-order valence-corrected chi connectivity index (χ3v) is 6.87. The smallest absolute Gasteiger partial charge is 0.233 e. The summed E-state index contributed by atoms with van der Waals surface area (Å²) in [4.78, 5) is 17.8. The molecule has 2 aromatic carbocycles. The molecule has 4 rings (SSSR count). The number of likely N-dealkylation sites (N-methyl/N-ethyl adjacent to an activating group) is 1. The first kappa shape index (κ1) is 20.4. The van der Waals surface area contributed by atoms with Crippen LogP contribution < -0.4 is 4.90 Å². The quantitative estimate of drug-likeness (QED) is 0.650. The highest BCUT2D eigenvalue weighted by molar-refractivity contribution is 9.10. The number of hydrogen-bond donors (Lipinski definition) is 0. The highest BCUT2D eigenvalue weighted by Gasteiger charge is 2.44. The van der Waals surface area contributed by atoms with Crippen LogP contribution in [0.25, 0.3) is 0 Å². The van der Waals surface area contributed by atoms with Crippen molar-refractivity contribution >= 4 is 27.5 Å². The molecule has 4 nitrogen and oxygen atoms in total. The fraction of sp³-hybridized carbons (Fsp3) is 0.458. The van der Waals surface area contributed by atoms with Gasteiger partial charge in [-0.15, -0.1) is 0 Å². The number of ether oxygens (including phenoxy) is 1. The molecule has 1 aliphatic heterocycles. The molecule has 0 atom stereocenters. The Morgan fingerprint density at radius 2 is 1.66 bits per heavy atom. The number of morpholine rings is 1. The van der Waals surface area contributed by atoms with E-state index in [1.54, 1.807) is 0 Å². The van der Waals surface area contributed by atoms with Crippen LogP contribution in [0.15, 0.2) is 53.0 Å². The van der Waals surface area contributed by atoms with E-state index in [9.17, 15) is 4.79 Å². The molecule has 2 fully saturated rings. The molecule has 0 bridgehead atoms. The molecule has 5 heteroatoms. The van der Waals surface area contributed by atoms with Gasteiger partial charge in [0.25, 0.3) is 0 Å². The van der Waals surface area contributed by atoms with Gasteiger partial charge in [0, 0.05) is 36.8 Å². The summed E-state index contributed by atoms with van der Waals surface area (Å²) >= 11 is 3.51. The average molecular weight is 457 g/mol. The zero-order valence-corrected chi connectivity index (χ0v) is 18.7. The van der Waals surface area contributed by atoms with Gasteiger partial charge in [-0.3, -0.25) is 4.79 Å². The molecule has 0 radical (unpaired) electrons. The van der Waals surface area contributed by atoms with Crippen molar-refractivity contribution in [2.45, 2.75) is 37.6 Å². The van der Waals surface area contributed by atoms with E-state index in [4.69, 9.17) is 4.74 Å². The molecule has 1 aliphatic carbocycles. The standard InChI is InChI=1S/C24H29BrN2O2/c1-26(18-19-4-10-22(11-5-19)27-14-16-29-17-15-27)23(28)24(12-2-3-13-24)20-6-8-21(25)9-7-20/h4-11H,2-3,12-18H2,1H3. The maximum Gasteiger partial charge on any atom is 0.233 e. The van der Waals surface area contributed by atoms with Crippen LogP contribution in [0.2, 0.25) is 0 Å². The second-order valence-electron chi connectivity index (χ2n) is 8.22. The third kappa shape index (κ3) is 4.36. The van der Waals surface area contributed by atoms with Gasteiger partial charge in [0.2, 0.25) is 5.91 Å². The summed E-state index contributed by atoms with van der Waals surface area (Å²) in [5.74, 6) is 0.245. The summed E-state index contributed by atoms with van der Waals surface area (Å²) in [5, 5.41) is 0. The van der Waals surface area contributed by atoms with Crippen LogP contribution in [-0.4, -0.2) is 44.2 Å². The Labute approximate surface area is 182 Å². The van der Waals surface area contributed by atoms with Gasteiger partial charge >= 0.3 is 0 Å². The predicted octanol–water partition coefficient (Wildman–Crippen LogP) is 4.76. The van der Waals surface area contributed by atoms with Crippen molar-refractivity contribution in [3.05, 3.63) is 64.1 Å². The van der Waals surface area contributed by atoms with Gasteiger partial charge in [-0.2, -0.15) is 0 Å². The summed E-state index contributed by atoms with van der Waals surface area (Å²) in [6.07, 6.45) is 4.11. The summed E-state index contributed by atoms with van der Waals surface area (Å²) in [5.41, 5.74) is 3.18. The Balaban J connectivity index is 1.47. The van der Waals surface area contributed by atoms with E-state index < -0.39 is 0 Å². The number of anilines is 1. The van der Waals surface area contributed by atoms with Crippen molar-refractivity contribution in [3.8, 4) is 0 Å². The molecular weight excluding hydrogens is 428 g/mol. The van der Waals surface area contributed by atoms with Crippen molar-refractivity contribution in [2.75, 3.05) is 38.3 Å². The van der Waals surface area contributed by atoms with Gasteiger partial charge < -0.3 is 14.5 Å². The van der Waals surface area contributed by atoms with E-state index in [0.29, 0.717) is 6.54 Å². The minimum atomic E-state index is -0.372. The molecule has 1 saturated carbocycles. The van der Waals surface area contributed by atoms with Crippen LogP contribution >= 0.6 is 15.9 Å². The molecule has 154 valence electrons. The van der Waals surface area contributed by atoms with Crippen molar-refractivity contribution in [1.82, 2.24) is 4.90 Å². The second-order valence-corrected chi connectivity index (χ2v) is 9.14. The van der Waals surface area contributed by atoms with Crippen molar-refractivity contribution in [3.63, 3.8) is 0 Å². The van der Waals surface area contributed by atoms with E-state index in [-0.39, 0.29) is 11.3 Å². The minimum Gasteiger partial charge on any atom is -0.378 e. The van der Waals surface area contributed by atoms with Crippen molar-refractivity contribution in [1.29, 1.82) is 0 Å². The molecule has 0 unspecified atom stereocenters. The summed E-state index contributed by atoms with van der Waals surface area (Å²) in [7, 11) is 1.94. The van der Waals surface area contributed by atoms with Crippen LogP contribution in [0.3, 0.4) is 0 Å². The van der Waals surface area contributed by atoms with Gasteiger partial charge in [-0.1, -0.05) is 53.0 Å². The Morgan fingerprint density at radius 1 is 1.03 bits per heavy atom. The second kappa shape index (κ2) is 8.88. The minimum absolute atomic E-state index is 0.245. The zero-order valence-electron chi connectivity index (χ0n) is 17.1. The topological polar surface area (TPSA) is 32.8 Å². The first-order chi connectivity index (χ1) is 14.1. The van der Waals surface area contributed by atoms with E-state index in [0.717, 1.165) is 62.0 Å². The van der Waals surface area contributed by atoms with E-state index in [2.05, 4.69) is 57.2 Å². The number of nitrogens with zero attached hydrogens (tertiary/aromatic N) is 2. The Hall–Kier alpha value is -1.85. The van der Waals surface area contributed by atoms with E-state index in [1.807, 2.05) is 24.1 Å². The van der Waals surface area contributed by atoms with Crippen molar-refractivity contribution < 1.29 is 9.53 Å². The molecule has 1 heterocycles. The van der Waals surface area contributed by atoms with E-state index >= 15 is 0 Å². The number of hydrogen-bond acceptors (Lipinski definition) is 3. The lowest BCUT2D eigenvalue weighted by Gasteiger charge is -2.33. The third-order valence-electron chi connectivity index (χ3n) is 6.34. The Kier molecular flexibility index (Phi) is 6.26. The van der Waals surface area contributed by atoms with Gasteiger partial charge in [-0.05, 0) is 48.2 Å². The summed E-state index contributed by atoms with van der Waals surface area (Å²) in [6, 6.07) is 16.9. The molecule has 1 amide bonds. The highest BCUT2D eigenvalue weighted by Crippen LogP contribution is 2.43. The fourth-order valence-electron chi connectivity index (χ4n) is 4.72. The SMILES string of the molecule is CN(Cc1ccc(N2CCOCC2)cc1)C(=O)C1(c2ccc(Br)cc2)CCCC1. The zero-order chi connectivity index (χ0) is 20.3. The molecular formula is C24H29BrN2O2. The first-order valence-electron chi connectivity index (χ1n) is 10.5. The van der Waals surface area contributed by atoms with Crippen LogP contribution in [0.1, 0.15) is 36.8 Å². The number of benzene rings is 2. The lowest BCUT2D eigenvalue weighted by Crippen LogP contribution is -2.43. The Bertz CT molecular complexity index is 823. The Morgan fingerprint density at radius 3 is 2.28 bits per heavy atom. The van der Waals surface area contributed by atoms with E-state index in [1.165, 1.54) is 11.3 Å². The van der Waals surface area contributed by atoms with Crippen LogP contribution in [0, 0.1) is 0 Å². The van der Waals surface area contributed by atoms with Gasteiger partial charge in [-0.25, -0.2) is 0 Å². The lowest BCUT2D eigenvalue weighted by atomic mass is 9.77. The molecule has 0 N–H and O–H groups in total. The van der Waals surface area contributed by atoms with Crippen LogP contribution in [0.5, 0.6) is 0 Å². The summed E-state index contributed by atoms with van der Waals surface area (Å²) < 4.78 is 6.49. The number of halogens is 1. The van der Waals surface area contributed by atoms with Crippen LogP contribution in [-0.2, 0) is 21.5 Å². The monoisotopic (exact) mass is 456 g/mol. The largest absolute Gasteiger partial charge is 0.378 e. The van der Waals surface area contributed by atoms with Gasteiger partial charge in [0.05, 0.1) is 18.6 Å². The maximum atomic E-state index is 13.6. The normalized spacial score (nSPS) is 18.6. The van der Waals surface area contributed by atoms with Gasteiger partial charge in [0.15, 0.2) is 0 Å². The number of carbonyl (C=O) groups is 1. The number of rotatable bonds is 5. The predicted molar refractivity (Wildman–Crippen MR) is 120 cm³/mol. The lowest BCUT2D eigenvalue weighted by molar-refractivity contribution is -0.136. The fourth-order valence-corrected chi connectivity index (χ4v) is 4.98. The number of carbonyl (C=O) groups excluding carboxylic acids is 1. The summed E-state index contributed by atoms with van der Waals surface area (Å²) in [6.45, 7) is 4.09. The molecule has 0 aromatic heterocycles.